The number of rotatable bonds is 6. The van der Waals surface area contributed by atoms with Crippen LogP contribution in [-0.2, 0) is 6.54 Å². The van der Waals surface area contributed by atoms with Crippen molar-refractivity contribution < 1.29 is 14.3 Å². The van der Waals surface area contributed by atoms with Crippen LogP contribution in [0.1, 0.15) is 50.2 Å². The second-order valence-corrected chi connectivity index (χ2v) is 8.04. The molecule has 1 fully saturated rings. The fourth-order valence-corrected chi connectivity index (χ4v) is 3.73. The Labute approximate surface area is 167 Å². The summed E-state index contributed by atoms with van der Waals surface area (Å²) in [5, 5.41) is 10.4. The fraction of sp³-hybridized carbons (Fsp3) is 0.522. The summed E-state index contributed by atoms with van der Waals surface area (Å²) in [5.41, 5.74) is 0.805. The molecule has 2 unspecified atom stereocenters. The molecule has 3 rings (SSSR count). The van der Waals surface area contributed by atoms with E-state index in [4.69, 9.17) is 4.42 Å². The largest absolute Gasteiger partial charge is 0.459 e. The maximum absolute atomic E-state index is 13.4. The van der Waals surface area contributed by atoms with Crippen molar-refractivity contribution in [3.8, 4) is 11.3 Å². The molecule has 152 valence electrons. The number of furan rings is 1. The number of piperidine rings is 1. The number of nitrogens with zero attached hydrogens (tertiary/aromatic N) is 2. The predicted molar refractivity (Wildman–Crippen MR) is 111 cm³/mol. The number of hydrogen-bond donors (Lipinski definition) is 1. The molecule has 1 aliphatic rings. The lowest BCUT2D eigenvalue weighted by Crippen LogP contribution is -2.50. The number of amides is 1. The van der Waals surface area contributed by atoms with Crippen molar-refractivity contribution in [1.29, 1.82) is 0 Å². The van der Waals surface area contributed by atoms with Gasteiger partial charge in [0.15, 0.2) is 0 Å². The average molecular weight is 385 g/mol. The molecule has 2 atom stereocenters. The van der Waals surface area contributed by atoms with Gasteiger partial charge in [-0.3, -0.25) is 9.69 Å². The second kappa shape index (κ2) is 8.50. The molecule has 1 aromatic heterocycles. The van der Waals surface area contributed by atoms with Crippen molar-refractivity contribution in [3.63, 3.8) is 0 Å². The van der Waals surface area contributed by atoms with E-state index in [9.17, 15) is 9.90 Å². The molecule has 1 N–H and O–H groups in total. The van der Waals surface area contributed by atoms with Crippen molar-refractivity contribution >= 4 is 5.91 Å². The molecule has 0 radical (unpaired) electrons. The minimum Gasteiger partial charge on any atom is -0.459 e. The lowest BCUT2D eigenvalue weighted by atomic mass is 9.83. The maximum atomic E-state index is 13.4. The molecule has 1 aliphatic heterocycles. The Morgan fingerprint density at radius 2 is 1.96 bits per heavy atom. The van der Waals surface area contributed by atoms with Gasteiger partial charge in [-0.05, 0) is 32.5 Å². The Morgan fingerprint density at radius 1 is 1.29 bits per heavy atom. The first kappa shape index (κ1) is 20.6. The van der Waals surface area contributed by atoms with E-state index in [0.717, 1.165) is 24.4 Å². The molecule has 0 spiro atoms. The third kappa shape index (κ3) is 4.31. The van der Waals surface area contributed by atoms with Crippen molar-refractivity contribution in [3.05, 3.63) is 47.7 Å². The predicted octanol–water partition coefficient (Wildman–Crippen LogP) is 4.02. The van der Waals surface area contributed by atoms with Gasteiger partial charge in [-0.1, -0.05) is 51.1 Å². The fourth-order valence-electron chi connectivity index (χ4n) is 3.73. The molecular weight excluding hydrogens is 352 g/mol. The van der Waals surface area contributed by atoms with E-state index >= 15 is 0 Å². The Morgan fingerprint density at radius 3 is 2.57 bits per heavy atom. The molecule has 28 heavy (non-hydrogen) atoms. The van der Waals surface area contributed by atoms with Crippen LogP contribution in [0, 0.1) is 5.92 Å². The molecule has 5 heteroatoms. The third-order valence-electron chi connectivity index (χ3n) is 6.05. The van der Waals surface area contributed by atoms with Crippen LogP contribution in [0.2, 0.25) is 0 Å². The first-order valence-corrected chi connectivity index (χ1v) is 10.3. The minimum atomic E-state index is -0.719. The van der Waals surface area contributed by atoms with Crippen LogP contribution in [0.25, 0.3) is 11.3 Å². The van der Waals surface area contributed by atoms with Gasteiger partial charge >= 0.3 is 0 Å². The maximum Gasteiger partial charge on any atom is 0.257 e. The highest BCUT2D eigenvalue weighted by Crippen LogP contribution is 2.32. The van der Waals surface area contributed by atoms with E-state index in [1.54, 1.807) is 0 Å². The van der Waals surface area contributed by atoms with Crippen LogP contribution < -0.4 is 0 Å². The summed E-state index contributed by atoms with van der Waals surface area (Å²) in [7, 11) is 0. The topological polar surface area (TPSA) is 56.9 Å². The highest BCUT2D eigenvalue weighted by atomic mass is 16.3. The van der Waals surface area contributed by atoms with Crippen LogP contribution in [-0.4, -0.2) is 52.6 Å². The normalized spacial score (nSPS) is 22.6. The average Bonchev–Trinajstić information content (AvgIpc) is 3.12. The number of carbonyl (C=O) groups is 1. The number of aliphatic hydroxyl groups is 1. The minimum absolute atomic E-state index is 0.0178. The Bertz CT molecular complexity index is 793. The number of hydrogen-bond acceptors (Lipinski definition) is 4. The van der Waals surface area contributed by atoms with E-state index in [1.165, 1.54) is 0 Å². The van der Waals surface area contributed by atoms with E-state index in [2.05, 4.69) is 18.7 Å². The molecule has 2 heterocycles. The zero-order valence-electron chi connectivity index (χ0n) is 17.4. The number of carbonyl (C=O) groups excluding carboxylic acids is 1. The van der Waals surface area contributed by atoms with Gasteiger partial charge in [0.25, 0.3) is 5.91 Å². The Hall–Kier alpha value is -2.11. The van der Waals surface area contributed by atoms with Crippen molar-refractivity contribution in [2.75, 3.05) is 26.2 Å². The lowest BCUT2D eigenvalue weighted by Gasteiger charge is -2.41. The van der Waals surface area contributed by atoms with Crippen LogP contribution in [0.15, 0.2) is 40.8 Å². The van der Waals surface area contributed by atoms with Gasteiger partial charge in [0.2, 0.25) is 0 Å². The van der Waals surface area contributed by atoms with Gasteiger partial charge in [0, 0.05) is 24.6 Å². The highest BCUT2D eigenvalue weighted by Gasteiger charge is 2.37. The summed E-state index contributed by atoms with van der Waals surface area (Å²) < 4.78 is 6.18. The van der Waals surface area contributed by atoms with Gasteiger partial charge in [-0.2, -0.15) is 0 Å². The summed E-state index contributed by atoms with van der Waals surface area (Å²) in [5.74, 6) is 1.46. The van der Waals surface area contributed by atoms with E-state index in [-0.39, 0.29) is 11.8 Å². The standard InChI is InChI=1S/C23H32N2O3/c1-5-24(6-2)16-19-14-20(21(28-19)18-10-8-7-9-11-18)22(26)25-13-12-23(4,27)17(3)15-25/h7-11,14,17,27H,5-6,12-13,15-16H2,1-4H3. The second-order valence-electron chi connectivity index (χ2n) is 8.04. The van der Waals surface area contributed by atoms with Crippen LogP contribution in [0.3, 0.4) is 0 Å². The zero-order chi connectivity index (χ0) is 20.3. The first-order chi connectivity index (χ1) is 13.4. The molecule has 0 saturated carbocycles. The quantitative estimate of drug-likeness (QED) is 0.817. The van der Waals surface area contributed by atoms with Gasteiger partial charge in [-0.15, -0.1) is 0 Å². The van der Waals surface area contributed by atoms with Gasteiger partial charge in [-0.25, -0.2) is 0 Å². The molecule has 0 bridgehead atoms. The van der Waals surface area contributed by atoms with Gasteiger partial charge < -0.3 is 14.4 Å². The molecule has 1 amide bonds. The third-order valence-corrected chi connectivity index (χ3v) is 6.05. The molecule has 1 saturated heterocycles. The summed E-state index contributed by atoms with van der Waals surface area (Å²) in [6.07, 6.45) is 0.588. The lowest BCUT2D eigenvalue weighted by molar-refractivity contribution is -0.0439. The highest BCUT2D eigenvalue weighted by molar-refractivity contribution is 6.00. The number of benzene rings is 1. The summed E-state index contributed by atoms with van der Waals surface area (Å²) in [6.45, 7) is 11.8. The van der Waals surface area contributed by atoms with Crippen molar-refractivity contribution in [1.82, 2.24) is 9.80 Å². The summed E-state index contributed by atoms with van der Waals surface area (Å²) in [4.78, 5) is 17.5. The van der Waals surface area contributed by atoms with Crippen molar-refractivity contribution in [2.24, 2.45) is 5.92 Å². The SMILES string of the molecule is CCN(CC)Cc1cc(C(=O)N2CCC(C)(O)C(C)C2)c(-c2ccccc2)o1. The summed E-state index contributed by atoms with van der Waals surface area (Å²) >= 11 is 0. The smallest absolute Gasteiger partial charge is 0.257 e. The number of likely N-dealkylation sites (tertiary alicyclic amines) is 1. The van der Waals surface area contributed by atoms with Crippen LogP contribution >= 0.6 is 0 Å². The van der Waals surface area contributed by atoms with Crippen LogP contribution in [0.5, 0.6) is 0 Å². The van der Waals surface area contributed by atoms with Crippen molar-refractivity contribution in [2.45, 2.75) is 46.3 Å². The molecule has 0 aliphatic carbocycles. The van der Waals surface area contributed by atoms with Crippen LogP contribution in [0.4, 0.5) is 0 Å². The monoisotopic (exact) mass is 384 g/mol. The van der Waals surface area contributed by atoms with Gasteiger partial charge in [0.1, 0.15) is 11.5 Å². The van der Waals surface area contributed by atoms with E-state index in [1.807, 2.05) is 55.1 Å². The first-order valence-electron chi connectivity index (χ1n) is 10.3. The molecular formula is C23H32N2O3. The zero-order valence-corrected chi connectivity index (χ0v) is 17.4. The molecule has 5 nitrogen and oxygen atoms in total. The van der Waals surface area contributed by atoms with E-state index < -0.39 is 5.60 Å². The Balaban J connectivity index is 1.92. The van der Waals surface area contributed by atoms with E-state index in [0.29, 0.717) is 37.4 Å². The summed E-state index contributed by atoms with van der Waals surface area (Å²) in [6, 6.07) is 11.7. The molecule has 2 aromatic rings. The Kier molecular flexibility index (Phi) is 6.26. The van der Waals surface area contributed by atoms with Gasteiger partial charge in [0.05, 0.1) is 17.7 Å². The molecule has 1 aromatic carbocycles.